The van der Waals surface area contributed by atoms with Gasteiger partial charge in [-0.2, -0.15) is 5.10 Å². The molecule has 8 nitrogen and oxygen atoms in total. The summed E-state index contributed by atoms with van der Waals surface area (Å²) in [5, 5.41) is 4.31. The number of β-lactam (4-membered cyclic amide) rings is 1. The molecular formula is C23H28N4O4. The number of hydrogen-bond donors (Lipinski definition) is 0. The van der Waals surface area contributed by atoms with E-state index in [0.29, 0.717) is 31.7 Å². The third-order valence-electron chi connectivity index (χ3n) is 6.01. The van der Waals surface area contributed by atoms with Crippen molar-refractivity contribution in [2.24, 2.45) is 0 Å². The maximum atomic E-state index is 12.7. The Balaban J connectivity index is 1.45. The highest BCUT2D eigenvalue weighted by atomic mass is 16.5. The van der Waals surface area contributed by atoms with Crippen LogP contribution in [0.4, 0.5) is 0 Å². The minimum Gasteiger partial charge on any atom is -0.497 e. The average molecular weight is 425 g/mol. The van der Waals surface area contributed by atoms with Crippen LogP contribution in [0.15, 0.2) is 48.2 Å². The second-order valence-corrected chi connectivity index (χ2v) is 7.75. The first-order valence-electron chi connectivity index (χ1n) is 10.5. The topological polar surface area (TPSA) is 76.9 Å². The third kappa shape index (κ3) is 4.07. The molecule has 164 valence electrons. The maximum absolute atomic E-state index is 12.7. The Morgan fingerprint density at radius 1 is 1.19 bits per heavy atom. The van der Waals surface area contributed by atoms with E-state index in [1.54, 1.807) is 29.9 Å². The Hall–Kier alpha value is -3.13. The van der Waals surface area contributed by atoms with Crippen LogP contribution in [0.3, 0.4) is 0 Å². The summed E-state index contributed by atoms with van der Waals surface area (Å²) in [7, 11) is 3.20. The Labute approximate surface area is 182 Å². The molecule has 0 radical (unpaired) electrons. The second kappa shape index (κ2) is 8.93. The van der Waals surface area contributed by atoms with Crippen LogP contribution in [0, 0.1) is 0 Å². The highest BCUT2D eigenvalue weighted by Gasteiger charge is 2.49. The number of rotatable bonds is 7. The number of ether oxygens (including phenoxy) is 2. The van der Waals surface area contributed by atoms with Crippen LogP contribution in [0.5, 0.6) is 5.75 Å². The van der Waals surface area contributed by atoms with Crippen LogP contribution in [-0.2, 0) is 22.6 Å². The summed E-state index contributed by atoms with van der Waals surface area (Å²) in [4.78, 5) is 29.0. The molecule has 2 atom stereocenters. The number of carbonyl (C=O) groups excluding carboxylic acids is 2. The quantitative estimate of drug-likeness (QED) is 0.503. The van der Waals surface area contributed by atoms with Crippen molar-refractivity contribution in [2.75, 3.05) is 27.3 Å². The summed E-state index contributed by atoms with van der Waals surface area (Å²) in [6.07, 6.45) is 4.12. The number of methoxy groups -OCH3 is 2. The first-order chi connectivity index (χ1) is 15.0. The van der Waals surface area contributed by atoms with E-state index in [-0.39, 0.29) is 17.9 Å². The lowest BCUT2D eigenvalue weighted by Gasteiger charge is -2.48. The maximum Gasteiger partial charge on any atom is 0.274 e. The Kier molecular flexibility index (Phi) is 6.08. The van der Waals surface area contributed by atoms with E-state index in [1.807, 2.05) is 42.3 Å². The average Bonchev–Trinajstić information content (AvgIpc) is 3.30. The van der Waals surface area contributed by atoms with Gasteiger partial charge in [0, 0.05) is 39.5 Å². The van der Waals surface area contributed by atoms with Gasteiger partial charge >= 0.3 is 0 Å². The van der Waals surface area contributed by atoms with Crippen LogP contribution < -0.4 is 4.74 Å². The van der Waals surface area contributed by atoms with Crippen molar-refractivity contribution in [1.82, 2.24) is 19.6 Å². The molecule has 3 heterocycles. The van der Waals surface area contributed by atoms with Gasteiger partial charge in [-0.3, -0.25) is 14.3 Å². The molecule has 1 saturated heterocycles. The zero-order valence-corrected chi connectivity index (χ0v) is 18.2. The van der Waals surface area contributed by atoms with Crippen LogP contribution in [0.2, 0.25) is 0 Å². The van der Waals surface area contributed by atoms with Crippen molar-refractivity contribution in [3.63, 3.8) is 0 Å². The molecule has 0 spiro atoms. The minimum atomic E-state index is -0.466. The molecule has 2 amide bonds. The molecule has 0 N–H and O–H groups in total. The second-order valence-electron chi connectivity index (χ2n) is 7.75. The van der Waals surface area contributed by atoms with Gasteiger partial charge in [0.2, 0.25) is 0 Å². The predicted octanol–water partition coefficient (Wildman–Crippen LogP) is 2.11. The number of aromatic nitrogens is 2. The van der Waals surface area contributed by atoms with Gasteiger partial charge in [0.15, 0.2) is 6.10 Å². The third-order valence-corrected chi connectivity index (χ3v) is 6.01. The van der Waals surface area contributed by atoms with E-state index in [2.05, 4.69) is 11.2 Å². The molecule has 2 aliphatic heterocycles. The van der Waals surface area contributed by atoms with Crippen LogP contribution in [-0.4, -0.2) is 70.8 Å². The van der Waals surface area contributed by atoms with Crippen molar-refractivity contribution >= 4 is 11.8 Å². The fraction of sp³-hybridized carbons (Fsp3) is 0.435. The van der Waals surface area contributed by atoms with E-state index >= 15 is 0 Å². The Morgan fingerprint density at radius 3 is 2.55 bits per heavy atom. The molecule has 1 aromatic carbocycles. The van der Waals surface area contributed by atoms with Gasteiger partial charge in [-0.1, -0.05) is 18.2 Å². The van der Waals surface area contributed by atoms with E-state index in [1.165, 1.54) is 0 Å². The first kappa shape index (κ1) is 21.1. The molecule has 1 fully saturated rings. The summed E-state index contributed by atoms with van der Waals surface area (Å²) in [5.74, 6) is 0.715. The summed E-state index contributed by atoms with van der Waals surface area (Å²) >= 11 is 0. The lowest BCUT2D eigenvalue weighted by atomic mass is 9.86. The zero-order chi connectivity index (χ0) is 22.0. The molecule has 8 heteroatoms. The Morgan fingerprint density at radius 2 is 1.97 bits per heavy atom. The van der Waals surface area contributed by atoms with Gasteiger partial charge in [0.1, 0.15) is 11.4 Å². The van der Waals surface area contributed by atoms with Gasteiger partial charge in [-0.25, -0.2) is 0 Å². The lowest BCUT2D eigenvalue weighted by molar-refractivity contribution is -0.168. The molecule has 0 aliphatic carbocycles. The standard InChI is InChI=1S/C23H28N4O4/c1-4-26-14-11-19(24-26)22(28)25-12-9-17(10-13-25)20-21(31-3)23(29)27(20)15-16-5-7-18(30-2)8-6-16/h5-9,11,14,20-21H,4,10,12-13,15H2,1-3H3/t20-,21+/m0/s1. The molecule has 31 heavy (non-hydrogen) atoms. The van der Waals surface area contributed by atoms with E-state index in [9.17, 15) is 9.59 Å². The van der Waals surface area contributed by atoms with Crippen molar-refractivity contribution in [3.05, 3.63) is 59.4 Å². The van der Waals surface area contributed by atoms with E-state index < -0.39 is 6.10 Å². The van der Waals surface area contributed by atoms with Crippen molar-refractivity contribution < 1.29 is 19.1 Å². The van der Waals surface area contributed by atoms with Crippen LogP contribution in [0.1, 0.15) is 29.4 Å². The van der Waals surface area contributed by atoms with Crippen LogP contribution in [0.25, 0.3) is 0 Å². The highest BCUT2D eigenvalue weighted by Crippen LogP contribution is 2.33. The number of likely N-dealkylation sites (tertiary alicyclic amines) is 1. The molecule has 0 unspecified atom stereocenters. The molecule has 2 aromatic rings. The summed E-state index contributed by atoms with van der Waals surface area (Å²) in [5.41, 5.74) is 2.64. The van der Waals surface area contributed by atoms with Crippen molar-refractivity contribution in [2.45, 2.75) is 38.6 Å². The number of aryl methyl sites for hydroxylation is 1. The zero-order valence-electron chi connectivity index (χ0n) is 18.2. The summed E-state index contributed by atoms with van der Waals surface area (Å²) in [6, 6.07) is 9.38. The molecule has 0 saturated carbocycles. The number of carbonyl (C=O) groups is 2. The molecule has 1 aromatic heterocycles. The molecule has 2 aliphatic rings. The lowest BCUT2D eigenvalue weighted by Crippen LogP contribution is -2.66. The smallest absolute Gasteiger partial charge is 0.274 e. The fourth-order valence-corrected chi connectivity index (χ4v) is 4.20. The predicted molar refractivity (Wildman–Crippen MR) is 115 cm³/mol. The largest absolute Gasteiger partial charge is 0.497 e. The minimum absolute atomic E-state index is 0.00664. The van der Waals surface area contributed by atoms with Gasteiger partial charge < -0.3 is 19.3 Å². The molecule has 0 bridgehead atoms. The fourth-order valence-electron chi connectivity index (χ4n) is 4.20. The van der Waals surface area contributed by atoms with E-state index in [4.69, 9.17) is 9.47 Å². The van der Waals surface area contributed by atoms with Crippen molar-refractivity contribution in [3.8, 4) is 5.75 Å². The highest BCUT2D eigenvalue weighted by molar-refractivity contribution is 5.92. The summed E-state index contributed by atoms with van der Waals surface area (Å²) in [6.45, 7) is 4.34. The first-order valence-corrected chi connectivity index (χ1v) is 10.5. The van der Waals surface area contributed by atoms with Gasteiger partial charge in [-0.15, -0.1) is 0 Å². The number of nitrogens with zero attached hydrogens (tertiary/aromatic N) is 4. The Bertz CT molecular complexity index is 982. The molecular weight excluding hydrogens is 396 g/mol. The van der Waals surface area contributed by atoms with Gasteiger partial charge in [0.25, 0.3) is 11.8 Å². The SMILES string of the molecule is CCn1ccc(C(=O)N2CC=C([C@H]3[C@@H](OC)C(=O)N3Cc3ccc(OC)cc3)CC2)n1. The van der Waals surface area contributed by atoms with Gasteiger partial charge in [-0.05, 0) is 42.7 Å². The van der Waals surface area contributed by atoms with E-state index in [0.717, 1.165) is 23.4 Å². The monoisotopic (exact) mass is 424 g/mol. The normalized spacial score (nSPS) is 21.0. The summed E-state index contributed by atoms with van der Waals surface area (Å²) < 4.78 is 12.4. The van der Waals surface area contributed by atoms with Crippen LogP contribution >= 0.6 is 0 Å². The molecule has 4 rings (SSSR count). The van der Waals surface area contributed by atoms with Gasteiger partial charge in [0.05, 0.1) is 13.2 Å². The number of benzene rings is 1. The number of hydrogen-bond acceptors (Lipinski definition) is 5. The van der Waals surface area contributed by atoms with Crippen molar-refractivity contribution in [1.29, 1.82) is 0 Å². The number of amides is 2.